The van der Waals surface area contributed by atoms with Gasteiger partial charge >= 0.3 is 0 Å². The van der Waals surface area contributed by atoms with Crippen molar-refractivity contribution in [3.05, 3.63) is 18.2 Å². The van der Waals surface area contributed by atoms with Crippen molar-refractivity contribution in [3.63, 3.8) is 0 Å². The van der Waals surface area contributed by atoms with Crippen molar-refractivity contribution in [1.29, 1.82) is 0 Å². The van der Waals surface area contributed by atoms with Gasteiger partial charge in [-0.2, -0.15) is 0 Å². The summed E-state index contributed by atoms with van der Waals surface area (Å²) >= 11 is 0. The first-order valence-corrected chi connectivity index (χ1v) is 5.54. The molecule has 5 heteroatoms. The van der Waals surface area contributed by atoms with Crippen LogP contribution >= 0.6 is 12.4 Å². The molecule has 0 atom stereocenters. The number of hydrogen-bond acceptors (Lipinski definition) is 3. The summed E-state index contributed by atoms with van der Waals surface area (Å²) in [5.74, 6) is 1.07. The zero-order chi connectivity index (χ0) is 10.9. The first-order chi connectivity index (χ1) is 7.38. The van der Waals surface area contributed by atoms with Crippen molar-refractivity contribution < 1.29 is 9.47 Å². The standard InChI is InChI=1S/C11H20N2O2.ClH/c1-3-14-9-5-11-12-6-7-13(11)8-10-15-4-2;/h6-7H,3-5,8-10H2,1-2H3;1H. The van der Waals surface area contributed by atoms with Gasteiger partial charge in [-0.25, -0.2) is 4.98 Å². The highest BCUT2D eigenvalue weighted by Crippen LogP contribution is 1.99. The number of hydrogen-bond donors (Lipinski definition) is 0. The van der Waals surface area contributed by atoms with E-state index >= 15 is 0 Å². The molecule has 0 N–H and O–H groups in total. The molecule has 0 radical (unpaired) electrons. The third-order valence-electron chi connectivity index (χ3n) is 2.16. The van der Waals surface area contributed by atoms with Gasteiger partial charge in [-0.15, -0.1) is 12.4 Å². The van der Waals surface area contributed by atoms with E-state index in [9.17, 15) is 0 Å². The predicted molar refractivity (Wildman–Crippen MR) is 66.2 cm³/mol. The Morgan fingerprint density at radius 2 is 1.88 bits per heavy atom. The van der Waals surface area contributed by atoms with Crippen LogP contribution in [0.5, 0.6) is 0 Å². The minimum Gasteiger partial charge on any atom is -0.381 e. The molecule has 0 aromatic carbocycles. The van der Waals surface area contributed by atoms with Gasteiger partial charge in [0.25, 0.3) is 0 Å². The average molecular weight is 249 g/mol. The van der Waals surface area contributed by atoms with Crippen LogP contribution < -0.4 is 0 Å². The smallest absolute Gasteiger partial charge is 0.111 e. The van der Waals surface area contributed by atoms with Gasteiger partial charge < -0.3 is 14.0 Å². The van der Waals surface area contributed by atoms with E-state index in [1.54, 1.807) is 0 Å². The van der Waals surface area contributed by atoms with Crippen molar-refractivity contribution in [1.82, 2.24) is 9.55 Å². The third-order valence-corrected chi connectivity index (χ3v) is 2.16. The van der Waals surface area contributed by atoms with E-state index in [-0.39, 0.29) is 12.4 Å². The summed E-state index contributed by atoms with van der Waals surface area (Å²) in [6.07, 6.45) is 4.68. The Kier molecular flexibility index (Phi) is 9.28. The van der Waals surface area contributed by atoms with Crippen LogP contribution in [0.3, 0.4) is 0 Å². The lowest BCUT2D eigenvalue weighted by atomic mass is 10.4. The second-order valence-corrected chi connectivity index (χ2v) is 3.18. The van der Waals surface area contributed by atoms with Crippen LogP contribution in [0.25, 0.3) is 0 Å². The van der Waals surface area contributed by atoms with E-state index in [2.05, 4.69) is 9.55 Å². The van der Waals surface area contributed by atoms with Crippen LogP contribution in [0.1, 0.15) is 19.7 Å². The number of nitrogens with zero attached hydrogens (tertiary/aromatic N) is 2. The van der Waals surface area contributed by atoms with E-state index in [1.807, 2.05) is 26.2 Å². The maximum Gasteiger partial charge on any atom is 0.111 e. The summed E-state index contributed by atoms with van der Waals surface area (Å²) in [4.78, 5) is 4.29. The molecule has 4 nitrogen and oxygen atoms in total. The minimum absolute atomic E-state index is 0. The van der Waals surface area contributed by atoms with Crippen molar-refractivity contribution >= 4 is 12.4 Å². The van der Waals surface area contributed by atoms with Crippen LogP contribution in [-0.2, 0) is 22.4 Å². The summed E-state index contributed by atoms with van der Waals surface area (Å²) in [5, 5.41) is 0. The molecule has 0 saturated carbocycles. The molecule has 0 amide bonds. The highest BCUT2D eigenvalue weighted by atomic mass is 35.5. The van der Waals surface area contributed by atoms with Gasteiger partial charge in [-0.1, -0.05) is 0 Å². The SMILES string of the molecule is CCOCCc1nccn1CCOCC.Cl. The summed E-state index contributed by atoms with van der Waals surface area (Å²) in [7, 11) is 0. The van der Waals surface area contributed by atoms with Crippen LogP contribution in [0, 0.1) is 0 Å². The fourth-order valence-corrected chi connectivity index (χ4v) is 1.39. The quantitative estimate of drug-likeness (QED) is 0.660. The zero-order valence-electron chi connectivity index (χ0n) is 10.0. The Labute approximate surface area is 103 Å². The monoisotopic (exact) mass is 248 g/mol. The van der Waals surface area contributed by atoms with E-state index in [1.165, 1.54) is 0 Å². The molecule has 0 unspecified atom stereocenters. The number of ether oxygens (including phenoxy) is 2. The van der Waals surface area contributed by atoms with Crippen LogP contribution in [0.15, 0.2) is 12.4 Å². The lowest BCUT2D eigenvalue weighted by Crippen LogP contribution is -2.10. The van der Waals surface area contributed by atoms with Crippen molar-refractivity contribution in [2.24, 2.45) is 0 Å². The largest absolute Gasteiger partial charge is 0.381 e. The molecule has 0 bridgehead atoms. The van der Waals surface area contributed by atoms with Crippen molar-refractivity contribution in [2.45, 2.75) is 26.8 Å². The van der Waals surface area contributed by atoms with Gasteiger partial charge in [0.15, 0.2) is 0 Å². The Bertz CT molecular complexity index is 242. The van der Waals surface area contributed by atoms with E-state index in [4.69, 9.17) is 9.47 Å². The maximum atomic E-state index is 5.31. The van der Waals surface area contributed by atoms with E-state index in [0.29, 0.717) is 0 Å². The molecule has 0 aliphatic carbocycles. The minimum atomic E-state index is 0. The molecular formula is C11H21ClN2O2. The maximum absolute atomic E-state index is 5.31. The number of halogens is 1. The molecule has 1 aromatic rings. The fourth-order valence-electron chi connectivity index (χ4n) is 1.39. The first kappa shape index (κ1) is 15.4. The third kappa shape index (κ3) is 5.49. The van der Waals surface area contributed by atoms with Gasteiger partial charge in [0.2, 0.25) is 0 Å². The Morgan fingerprint density at radius 3 is 2.56 bits per heavy atom. The Balaban J connectivity index is 0.00000225. The average Bonchev–Trinajstić information content (AvgIpc) is 2.67. The van der Waals surface area contributed by atoms with Crippen LogP contribution in [0.2, 0.25) is 0 Å². The second-order valence-electron chi connectivity index (χ2n) is 3.18. The molecule has 0 aliphatic rings. The second kappa shape index (κ2) is 9.63. The molecule has 94 valence electrons. The predicted octanol–water partition coefficient (Wildman–Crippen LogP) is 1.92. The lowest BCUT2D eigenvalue weighted by Gasteiger charge is -2.07. The first-order valence-electron chi connectivity index (χ1n) is 5.54. The highest BCUT2D eigenvalue weighted by Gasteiger charge is 2.01. The molecule has 1 heterocycles. The molecule has 1 aromatic heterocycles. The van der Waals surface area contributed by atoms with Gasteiger partial charge in [-0.3, -0.25) is 0 Å². The zero-order valence-corrected chi connectivity index (χ0v) is 10.8. The number of imidazole rings is 1. The molecule has 1 rings (SSSR count). The lowest BCUT2D eigenvalue weighted by molar-refractivity contribution is 0.135. The van der Waals surface area contributed by atoms with E-state index < -0.39 is 0 Å². The summed E-state index contributed by atoms with van der Waals surface area (Å²) < 4.78 is 12.7. The van der Waals surface area contributed by atoms with E-state index in [0.717, 1.165) is 45.2 Å². The molecule has 0 fully saturated rings. The fraction of sp³-hybridized carbons (Fsp3) is 0.727. The molecular weight excluding hydrogens is 228 g/mol. The normalized spacial score (nSPS) is 10.1. The molecule has 0 spiro atoms. The summed E-state index contributed by atoms with van der Waals surface area (Å²) in [6.45, 7) is 7.89. The van der Waals surface area contributed by atoms with Crippen LogP contribution in [0.4, 0.5) is 0 Å². The molecule has 0 saturated heterocycles. The summed E-state index contributed by atoms with van der Waals surface area (Å²) in [5.41, 5.74) is 0. The van der Waals surface area contributed by atoms with Gasteiger partial charge in [0.1, 0.15) is 5.82 Å². The summed E-state index contributed by atoms with van der Waals surface area (Å²) in [6, 6.07) is 0. The number of aromatic nitrogens is 2. The molecule has 0 aliphatic heterocycles. The highest BCUT2D eigenvalue weighted by molar-refractivity contribution is 5.85. The topological polar surface area (TPSA) is 36.3 Å². The van der Waals surface area contributed by atoms with Crippen molar-refractivity contribution in [3.8, 4) is 0 Å². The van der Waals surface area contributed by atoms with Crippen LogP contribution in [-0.4, -0.2) is 36.0 Å². The molecule has 16 heavy (non-hydrogen) atoms. The van der Waals surface area contributed by atoms with Gasteiger partial charge in [0.05, 0.1) is 13.2 Å². The Morgan fingerprint density at radius 1 is 1.19 bits per heavy atom. The number of rotatable bonds is 8. The van der Waals surface area contributed by atoms with Gasteiger partial charge in [-0.05, 0) is 13.8 Å². The van der Waals surface area contributed by atoms with Crippen molar-refractivity contribution in [2.75, 3.05) is 26.4 Å². The Hall–Kier alpha value is -0.580. The van der Waals surface area contributed by atoms with Gasteiger partial charge in [0, 0.05) is 38.6 Å².